The monoisotopic (exact) mass is 244 g/mol. The fraction of sp³-hybridized carbons (Fsp3) is 0.556. The number of halogens is 1. The van der Waals surface area contributed by atoms with Crippen molar-refractivity contribution in [1.82, 2.24) is 10.2 Å². The first-order valence-electron chi connectivity index (χ1n) is 4.49. The number of aromatic amines is 1. The summed E-state index contributed by atoms with van der Waals surface area (Å²) in [4.78, 5) is 11.4. The minimum Gasteiger partial charge on any atom is -0.293 e. The topological polar surface area (TPSA) is 45.8 Å². The van der Waals surface area contributed by atoms with Crippen LogP contribution in [-0.2, 0) is 6.42 Å². The average Bonchev–Trinajstić information content (AvgIpc) is 2.63. The van der Waals surface area contributed by atoms with Crippen molar-refractivity contribution in [3.05, 3.63) is 17.5 Å². The number of nitrogens with zero attached hydrogens (tertiary/aromatic N) is 1. The van der Waals surface area contributed by atoms with Crippen molar-refractivity contribution in [3.63, 3.8) is 0 Å². The molecule has 1 aromatic rings. The van der Waals surface area contributed by atoms with Gasteiger partial charge in [-0.25, -0.2) is 0 Å². The molecule has 0 aromatic carbocycles. The highest BCUT2D eigenvalue weighted by Gasteiger charge is 2.26. The van der Waals surface area contributed by atoms with E-state index in [0.717, 1.165) is 24.1 Å². The third kappa shape index (κ3) is 1.99. The Kier molecular flexibility index (Phi) is 3.66. The Hall–Kier alpha value is -0.640. The first-order valence-corrected chi connectivity index (χ1v) is 5.41. The molecule has 0 radical (unpaired) electrons. The van der Waals surface area contributed by atoms with E-state index in [-0.39, 0.29) is 10.6 Å². The zero-order chi connectivity index (χ0) is 9.84. The van der Waals surface area contributed by atoms with Crippen LogP contribution in [0.25, 0.3) is 0 Å². The number of ketones is 1. The molecule has 1 aromatic heterocycles. The molecule has 1 N–H and O–H groups in total. The lowest BCUT2D eigenvalue weighted by Crippen LogP contribution is -2.21. The number of alkyl halides is 1. The van der Waals surface area contributed by atoms with E-state index in [4.69, 9.17) is 0 Å². The van der Waals surface area contributed by atoms with Crippen molar-refractivity contribution < 1.29 is 4.79 Å². The minimum atomic E-state index is -0.00685. The van der Waals surface area contributed by atoms with Crippen LogP contribution in [0.2, 0.25) is 0 Å². The second-order valence-corrected chi connectivity index (χ2v) is 3.74. The van der Waals surface area contributed by atoms with Crippen LogP contribution in [0.15, 0.2) is 6.20 Å². The third-order valence-electron chi connectivity index (χ3n) is 1.92. The number of carbonyl (C=O) groups is 1. The second kappa shape index (κ2) is 4.56. The van der Waals surface area contributed by atoms with Crippen molar-refractivity contribution in [2.24, 2.45) is 0 Å². The highest BCUT2D eigenvalue weighted by molar-refractivity contribution is 9.10. The molecule has 72 valence electrons. The van der Waals surface area contributed by atoms with Gasteiger partial charge in [0, 0.05) is 5.69 Å². The summed E-state index contributed by atoms with van der Waals surface area (Å²) < 4.78 is 0. The van der Waals surface area contributed by atoms with Crippen molar-refractivity contribution >= 4 is 21.7 Å². The van der Waals surface area contributed by atoms with Gasteiger partial charge >= 0.3 is 0 Å². The average molecular weight is 245 g/mol. The largest absolute Gasteiger partial charge is 0.293 e. The fourth-order valence-electron chi connectivity index (χ4n) is 1.29. The molecular formula is C9H13BrN2O. The van der Waals surface area contributed by atoms with E-state index < -0.39 is 0 Å². The molecule has 0 saturated carbocycles. The van der Waals surface area contributed by atoms with Crippen molar-refractivity contribution in [2.45, 2.75) is 31.5 Å². The van der Waals surface area contributed by atoms with E-state index in [1.165, 1.54) is 0 Å². The maximum Gasteiger partial charge on any atom is 0.179 e. The highest BCUT2D eigenvalue weighted by Crippen LogP contribution is 2.23. The molecule has 1 aliphatic carbocycles. The summed E-state index contributed by atoms with van der Waals surface area (Å²) >= 11 is 3.32. The molecule has 1 atom stereocenters. The third-order valence-corrected chi connectivity index (χ3v) is 2.79. The van der Waals surface area contributed by atoms with Gasteiger partial charge in [-0.2, -0.15) is 5.10 Å². The fourth-order valence-corrected chi connectivity index (χ4v) is 1.76. The van der Waals surface area contributed by atoms with Crippen molar-refractivity contribution in [1.29, 1.82) is 0 Å². The van der Waals surface area contributed by atoms with Gasteiger partial charge in [0.25, 0.3) is 0 Å². The summed E-state index contributed by atoms with van der Waals surface area (Å²) in [5, 5.41) is 6.64. The molecule has 4 heteroatoms. The molecule has 0 bridgehead atoms. The summed E-state index contributed by atoms with van der Waals surface area (Å²) in [7, 11) is 0. The van der Waals surface area contributed by atoms with E-state index in [1.54, 1.807) is 6.20 Å². The number of hydrogen-bond donors (Lipinski definition) is 1. The van der Waals surface area contributed by atoms with Crippen LogP contribution < -0.4 is 0 Å². The minimum absolute atomic E-state index is 0.00685. The summed E-state index contributed by atoms with van der Waals surface area (Å²) in [6, 6.07) is 0. The number of aryl methyl sites for hydroxylation is 1. The Balaban J connectivity index is 0.000000396. The molecule has 3 nitrogen and oxygen atoms in total. The van der Waals surface area contributed by atoms with Gasteiger partial charge in [0.05, 0.1) is 16.6 Å². The molecule has 0 fully saturated rings. The van der Waals surface area contributed by atoms with Crippen LogP contribution in [0.4, 0.5) is 0 Å². The molecule has 1 unspecified atom stereocenters. The van der Waals surface area contributed by atoms with Crippen LogP contribution in [-0.4, -0.2) is 20.8 Å². The molecule has 0 amide bonds. The Morgan fingerprint density at radius 2 is 2.31 bits per heavy atom. The van der Waals surface area contributed by atoms with Crippen molar-refractivity contribution in [3.8, 4) is 0 Å². The van der Waals surface area contributed by atoms with Gasteiger partial charge in [0.1, 0.15) is 0 Å². The van der Waals surface area contributed by atoms with Crippen LogP contribution in [0.3, 0.4) is 0 Å². The highest BCUT2D eigenvalue weighted by atomic mass is 79.9. The number of Topliss-reactive ketones (excluding diaryl/α,β-unsaturated/α-hetero) is 1. The second-order valence-electron chi connectivity index (χ2n) is 2.63. The molecule has 2 rings (SSSR count). The van der Waals surface area contributed by atoms with Gasteiger partial charge in [-0.1, -0.05) is 29.8 Å². The summed E-state index contributed by atoms with van der Waals surface area (Å²) in [6.07, 6.45) is 3.39. The Bertz CT molecular complexity index is 296. The van der Waals surface area contributed by atoms with Crippen molar-refractivity contribution in [2.75, 3.05) is 0 Å². The SMILES string of the molecule is CC.O=C1c2cn[nH]c2CCC1Br. The number of aromatic nitrogens is 2. The lowest BCUT2D eigenvalue weighted by atomic mass is 9.97. The van der Waals surface area contributed by atoms with Gasteiger partial charge in [-0.3, -0.25) is 9.89 Å². The Labute approximate surface area is 86.0 Å². The van der Waals surface area contributed by atoms with Gasteiger partial charge in [-0.15, -0.1) is 0 Å². The predicted octanol–water partition coefficient (Wildman–Crippen LogP) is 2.33. The number of hydrogen-bond acceptors (Lipinski definition) is 2. The van der Waals surface area contributed by atoms with Gasteiger partial charge in [0.15, 0.2) is 5.78 Å². The standard InChI is InChI=1S/C7H7BrN2O.C2H6/c8-5-1-2-6-4(7(5)11)3-9-10-6;1-2/h3,5H,1-2H2,(H,9,10);1-2H3. The molecule has 0 spiro atoms. The van der Waals surface area contributed by atoms with E-state index in [9.17, 15) is 4.79 Å². The number of fused-ring (bicyclic) bond motifs is 1. The summed E-state index contributed by atoms with van der Waals surface area (Å²) in [5.41, 5.74) is 1.73. The summed E-state index contributed by atoms with van der Waals surface area (Å²) in [5.74, 6) is 0.153. The van der Waals surface area contributed by atoms with Gasteiger partial charge in [0.2, 0.25) is 0 Å². The number of carbonyl (C=O) groups excluding carboxylic acids is 1. The number of rotatable bonds is 0. The molecule has 0 saturated heterocycles. The van der Waals surface area contributed by atoms with Crippen LogP contribution in [0.1, 0.15) is 36.3 Å². The molecule has 0 aliphatic heterocycles. The normalized spacial score (nSPS) is 20.2. The first kappa shape index (κ1) is 10.4. The first-order chi connectivity index (χ1) is 6.29. The Morgan fingerprint density at radius 3 is 3.00 bits per heavy atom. The number of nitrogens with one attached hydrogen (secondary N) is 1. The zero-order valence-electron chi connectivity index (χ0n) is 7.80. The maximum atomic E-state index is 11.4. The predicted molar refractivity (Wildman–Crippen MR) is 55.3 cm³/mol. The Morgan fingerprint density at radius 1 is 1.62 bits per heavy atom. The van der Waals surface area contributed by atoms with E-state index in [1.807, 2.05) is 13.8 Å². The summed E-state index contributed by atoms with van der Waals surface area (Å²) in [6.45, 7) is 4.00. The van der Waals surface area contributed by atoms with Crippen LogP contribution >= 0.6 is 15.9 Å². The number of H-pyrrole nitrogens is 1. The van der Waals surface area contributed by atoms with E-state index in [2.05, 4.69) is 26.1 Å². The molecule has 13 heavy (non-hydrogen) atoms. The molecule has 1 heterocycles. The lowest BCUT2D eigenvalue weighted by Gasteiger charge is -2.13. The smallest absolute Gasteiger partial charge is 0.179 e. The van der Waals surface area contributed by atoms with E-state index >= 15 is 0 Å². The van der Waals surface area contributed by atoms with Gasteiger partial charge in [-0.05, 0) is 12.8 Å². The van der Waals surface area contributed by atoms with Crippen LogP contribution in [0, 0.1) is 0 Å². The maximum absolute atomic E-state index is 11.4. The van der Waals surface area contributed by atoms with Crippen LogP contribution in [0.5, 0.6) is 0 Å². The van der Waals surface area contributed by atoms with E-state index in [0.29, 0.717) is 0 Å². The van der Waals surface area contributed by atoms with Gasteiger partial charge < -0.3 is 0 Å². The molecule has 1 aliphatic rings. The molecular weight excluding hydrogens is 232 g/mol. The lowest BCUT2D eigenvalue weighted by molar-refractivity contribution is 0.0981. The quantitative estimate of drug-likeness (QED) is 0.713. The zero-order valence-corrected chi connectivity index (χ0v) is 9.39.